The Morgan fingerprint density at radius 2 is 1.52 bits per heavy atom. The molecule has 0 atom stereocenters. The first-order chi connectivity index (χ1) is 13.1. The molecule has 7 nitrogen and oxygen atoms in total. The molecular weight excluding hydrogens is 350 g/mol. The lowest BCUT2D eigenvalue weighted by atomic mass is 10.2. The van der Waals surface area contributed by atoms with Crippen LogP contribution in [0.25, 0.3) is 0 Å². The summed E-state index contributed by atoms with van der Waals surface area (Å²) in [4.78, 5) is 24.4. The first-order valence-corrected chi connectivity index (χ1v) is 9.61. The summed E-state index contributed by atoms with van der Waals surface area (Å²) in [5, 5.41) is 2.89. The van der Waals surface area contributed by atoms with Gasteiger partial charge in [-0.05, 0) is 45.7 Å². The van der Waals surface area contributed by atoms with Crippen LogP contribution in [0.3, 0.4) is 0 Å². The molecule has 150 valence electrons. The zero-order valence-electron chi connectivity index (χ0n) is 16.3. The van der Waals surface area contributed by atoms with Gasteiger partial charge in [0.25, 0.3) is 5.91 Å². The average Bonchev–Trinajstić information content (AvgIpc) is 3.15. The van der Waals surface area contributed by atoms with E-state index in [1.54, 1.807) is 12.1 Å². The van der Waals surface area contributed by atoms with Crippen LogP contribution in [0.2, 0.25) is 0 Å². The highest BCUT2D eigenvalue weighted by atomic mass is 16.5. The molecule has 7 heteroatoms. The number of esters is 1. The third-order valence-corrected chi connectivity index (χ3v) is 4.20. The largest absolute Gasteiger partial charge is 0.490 e. The summed E-state index contributed by atoms with van der Waals surface area (Å²) < 4.78 is 22.0. The number of hydrogen-bond acceptors (Lipinski definition) is 6. The molecule has 0 spiro atoms. The Morgan fingerprint density at radius 1 is 0.963 bits per heavy atom. The molecule has 1 saturated carbocycles. The molecule has 1 N–H and O–H groups in total. The Hall–Kier alpha value is -2.44. The minimum atomic E-state index is -0.610. The van der Waals surface area contributed by atoms with Gasteiger partial charge in [-0.25, -0.2) is 4.79 Å². The highest BCUT2D eigenvalue weighted by Gasteiger charge is 2.21. The van der Waals surface area contributed by atoms with Crippen molar-refractivity contribution in [2.24, 2.45) is 0 Å². The molecule has 2 rings (SSSR count). The molecule has 1 amide bonds. The summed E-state index contributed by atoms with van der Waals surface area (Å²) in [5.74, 6) is 0.384. The summed E-state index contributed by atoms with van der Waals surface area (Å²) in [6, 6.07) is 3.29. The lowest BCUT2D eigenvalue weighted by Crippen LogP contribution is -2.35. The normalized spacial score (nSPS) is 13.9. The fourth-order valence-electron chi connectivity index (χ4n) is 3.06. The van der Waals surface area contributed by atoms with Gasteiger partial charge in [0.05, 0.1) is 25.4 Å². The number of benzene rings is 1. The van der Waals surface area contributed by atoms with Crippen molar-refractivity contribution in [2.75, 3.05) is 26.4 Å². The summed E-state index contributed by atoms with van der Waals surface area (Å²) in [7, 11) is 0. The van der Waals surface area contributed by atoms with E-state index in [-0.39, 0.29) is 24.1 Å². The fraction of sp³-hybridized carbons (Fsp3) is 0.600. The van der Waals surface area contributed by atoms with Gasteiger partial charge < -0.3 is 24.3 Å². The second-order valence-electron chi connectivity index (χ2n) is 6.23. The van der Waals surface area contributed by atoms with Crippen LogP contribution in [-0.4, -0.2) is 44.3 Å². The molecule has 0 aromatic heterocycles. The molecule has 1 aliphatic rings. The van der Waals surface area contributed by atoms with E-state index in [4.69, 9.17) is 18.9 Å². The van der Waals surface area contributed by atoms with Crippen LogP contribution in [0.4, 0.5) is 0 Å². The van der Waals surface area contributed by atoms with Gasteiger partial charge in [-0.1, -0.05) is 12.8 Å². The molecule has 1 aromatic rings. The van der Waals surface area contributed by atoms with Crippen LogP contribution in [-0.2, 0) is 9.53 Å². The maximum absolute atomic E-state index is 12.4. The van der Waals surface area contributed by atoms with Crippen molar-refractivity contribution in [2.45, 2.75) is 52.5 Å². The van der Waals surface area contributed by atoms with Crippen molar-refractivity contribution in [3.8, 4) is 17.2 Å². The highest BCUT2D eigenvalue weighted by molar-refractivity contribution is 5.92. The number of carbonyl (C=O) groups excluding carboxylic acids is 2. The number of rotatable bonds is 10. The van der Waals surface area contributed by atoms with E-state index < -0.39 is 5.97 Å². The number of ether oxygens (including phenoxy) is 4. The molecule has 0 radical (unpaired) electrons. The standard InChI is InChI=1S/C20H29NO6/c1-4-24-16-11-14(12-17(25-5-2)19(16)26-6-3)20(23)27-13-18(22)21-15-9-7-8-10-15/h11-12,15H,4-10,13H2,1-3H3,(H,21,22). The maximum atomic E-state index is 12.4. The molecule has 27 heavy (non-hydrogen) atoms. The molecule has 0 aliphatic heterocycles. The Balaban J connectivity index is 2.07. The monoisotopic (exact) mass is 379 g/mol. The average molecular weight is 379 g/mol. The number of carbonyl (C=O) groups is 2. The third kappa shape index (κ3) is 6.05. The molecule has 0 heterocycles. The quantitative estimate of drug-likeness (QED) is 0.629. The molecule has 1 fully saturated rings. The second-order valence-corrected chi connectivity index (χ2v) is 6.23. The molecule has 1 aromatic carbocycles. The summed E-state index contributed by atoms with van der Waals surface area (Å²) in [6.45, 7) is 6.49. The van der Waals surface area contributed by atoms with E-state index in [0.717, 1.165) is 25.7 Å². The molecule has 1 aliphatic carbocycles. The van der Waals surface area contributed by atoms with Gasteiger partial charge in [0, 0.05) is 6.04 Å². The van der Waals surface area contributed by atoms with Crippen molar-refractivity contribution in [1.82, 2.24) is 5.32 Å². The van der Waals surface area contributed by atoms with E-state index in [1.807, 2.05) is 20.8 Å². The number of amides is 1. The van der Waals surface area contributed by atoms with Gasteiger partial charge in [0.2, 0.25) is 5.75 Å². The Kier molecular flexibility index (Phi) is 8.23. The van der Waals surface area contributed by atoms with Crippen LogP contribution in [0.1, 0.15) is 56.8 Å². The van der Waals surface area contributed by atoms with Crippen molar-refractivity contribution >= 4 is 11.9 Å². The minimum absolute atomic E-state index is 0.191. The van der Waals surface area contributed by atoms with Crippen LogP contribution in [0, 0.1) is 0 Å². The molecule has 0 unspecified atom stereocenters. The van der Waals surface area contributed by atoms with Crippen LogP contribution in [0.15, 0.2) is 12.1 Å². The second kappa shape index (κ2) is 10.6. The predicted octanol–water partition coefficient (Wildman–Crippen LogP) is 3.10. The van der Waals surface area contributed by atoms with Gasteiger partial charge in [0.1, 0.15) is 0 Å². The van der Waals surface area contributed by atoms with Gasteiger partial charge in [0.15, 0.2) is 18.1 Å². The van der Waals surface area contributed by atoms with E-state index in [9.17, 15) is 9.59 Å². The Bertz CT molecular complexity index is 612. The summed E-state index contributed by atoms with van der Waals surface area (Å²) in [6.07, 6.45) is 4.21. The van der Waals surface area contributed by atoms with Gasteiger partial charge >= 0.3 is 5.97 Å². The van der Waals surface area contributed by atoms with E-state index >= 15 is 0 Å². The van der Waals surface area contributed by atoms with E-state index in [1.165, 1.54) is 0 Å². The summed E-state index contributed by atoms with van der Waals surface area (Å²) >= 11 is 0. The number of nitrogens with one attached hydrogen (secondary N) is 1. The molecule has 0 bridgehead atoms. The lowest BCUT2D eigenvalue weighted by molar-refractivity contribution is -0.124. The van der Waals surface area contributed by atoms with Crippen molar-refractivity contribution < 1.29 is 28.5 Å². The van der Waals surface area contributed by atoms with Crippen molar-refractivity contribution in [1.29, 1.82) is 0 Å². The van der Waals surface area contributed by atoms with Crippen molar-refractivity contribution in [3.63, 3.8) is 0 Å². The van der Waals surface area contributed by atoms with Crippen LogP contribution in [0.5, 0.6) is 17.2 Å². The van der Waals surface area contributed by atoms with E-state index in [0.29, 0.717) is 37.1 Å². The van der Waals surface area contributed by atoms with Gasteiger partial charge in [-0.2, -0.15) is 0 Å². The smallest absolute Gasteiger partial charge is 0.338 e. The maximum Gasteiger partial charge on any atom is 0.338 e. The van der Waals surface area contributed by atoms with Crippen LogP contribution >= 0.6 is 0 Å². The van der Waals surface area contributed by atoms with Crippen molar-refractivity contribution in [3.05, 3.63) is 17.7 Å². The predicted molar refractivity (Wildman–Crippen MR) is 101 cm³/mol. The zero-order valence-corrected chi connectivity index (χ0v) is 16.3. The topological polar surface area (TPSA) is 83.1 Å². The highest BCUT2D eigenvalue weighted by Crippen LogP contribution is 2.39. The fourth-order valence-corrected chi connectivity index (χ4v) is 3.06. The first-order valence-electron chi connectivity index (χ1n) is 9.61. The van der Waals surface area contributed by atoms with E-state index in [2.05, 4.69) is 5.32 Å². The van der Waals surface area contributed by atoms with Crippen LogP contribution < -0.4 is 19.5 Å². The Morgan fingerprint density at radius 3 is 2.04 bits per heavy atom. The Labute approximate surface area is 160 Å². The first kappa shape index (κ1) is 20.9. The third-order valence-electron chi connectivity index (χ3n) is 4.20. The summed E-state index contributed by atoms with van der Waals surface area (Å²) in [5.41, 5.74) is 0.249. The molecular formula is C20H29NO6. The molecule has 0 saturated heterocycles. The van der Waals surface area contributed by atoms with Gasteiger partial charge in [-0.3, -0.25) is 4.79 Å². The number of hydrogen-bond donors (Lipinski definition) is 1. The van der Waals surface area contributed by atoms with Gasteiger partial charge in [-0.15, -0.1) is 0 Å². The zero-order chi connectivity index (χ0) is 19.6. The lowest BCUT2D eigenvalue weighted by Gasteiger charge is -2.17. The minimum Gasteiger partial charge on any atom is -0.490 e. The SMILES string of the molecule is CCOc1cc(C(=O)OCC(=O)NC2CCCC2)cc(OCC)c1OCC.